The van der Waals surface area contributed by atoms with Gasteiger partial charge in [0.05, 0.1) is 18.9 Å². The molecule has 0 aliphatic carbocycles. The molecule has 0 radical (unpaired) electrons. The minimum Gasteiger partial charge on any atom is -0.378 e. The van der Waals surface area contributed by atoms with Gasteiger partial charge in [0, 0.05) is 55.6 Å². The van der Waals surface area contributed by atoms with E-state index < -0.39 is 0 Å². The van der Waals surface area contributed by atoms with Crippen molar-refractivity contribution < 1.29 is 9.53 Å². The summed E-state index contributed by atoms with van der Waals surface area (Å²) in [7, 11) is 2.22. The minimum atomic E-state index is -0.200. The first-order chi connectivity index (χ1) is 17.1. The molecule has 5 rings (SSSR count). The summed E-state index contributed by atoms with van der Waals surface area (Å²) in [4.78, 5) is 29.5. The van der Waals surface area contributed by atoms with Crippen molar-refractivity contribution in [1.82, 2.24) is 25.1 Å². The van der Waals surface area contributed by atoms with Gasteiger partial charge in [-0.1, -0.05) is 0 Å². The van der Waals surface area contributed by atoms with E-state index in [1.807, 2.05) is 31.2 Å². The molecule has 2 amide bonds. The number of piperidine rings is 1. The Balaban J connectivity index is 1.42. The number of carbonyl (C=O) groups excluding carboxylic acids is 1. The molecule has 2 N–H and O–H groups in total. The Bertz CT molecular complexity index is 1020. The van der Waals surface area contributed by atoms with Crippen LogP contribution in [-0.4, -0.2) is 91.4 Å². The van der Waals surface area contributed by atoms with Gasteiger partial charge < -0.3 is 25.2 Å². The highest BCUT2D eigenvalue weighted by molar-refractivity contribution is 5.89. The highest BCUT2D eigenvalue weighted by Crippen LogP contribution is 2.32. The summed E-state index contributed by atoms with van der Waals surface area (Å²) in [5.41, 5.74) is 4.17. The number of hydrogen-bond acceptors (Lipinski definition) is 7. The van der Waals surface area contributed by atoms with Crippen molar-refractivity contribution in [2.75, 3.05) is 69.7 Å². The van der Waals surface area contributed by atoms with E-state index in [0.717, 1.165) is 74.4 Å². The fourth-order valence-electron chi connectivity index (χ4n) is 5.31. The molecule has 2 saturated heterocycles. The zero-order valence-corrected chi connectivity index (χ0v) is 20.9. The number of ether oxygens (including phenoxy) is 1. The third kappa shape index (κ3) is 5.58. The zero-order chi connectivity index (χ0) is 24.2. The maximum Gasteiger partial charge on any atom is 0.319 e. The lowest BCUT2D eigenvalue weighted by atomic mass is 9.98. The van der Waals surface area contributed by atoms with Crippen LogP contribution < -0.4 is 15.5 Å². The molecule has 0 atom stereocenters. The van der Waals surface area contributed by atoms with Crippen molar-refractivity contribution in [1.29, 1.82) is 0 Å². The standard InChI is InChI=1S/C26H37N7O2/c1-3-27-26(34)28-20-6-4-19(5-7-20)24-29-23-18-33(21-8-11-31(2)12-9-21)13-10-22(23)25(30-24)32-14-16-35-17-15-32/h4-7,21H,3,8-18H2,1-2H3,(H2,27,28,34). The molecule has 3 aliphatic heterocycles. The largest absolute Gasteiger partial charge is 0.378 e. The molecule has 9 heteroatoms. The van der Waals surface area contributed by atoms with Crippen LogP contribution in [0.25, 0.3) is 11.4 Å². The number of morpholine rings is 1. The Labute approximate surface area is 207 Å². The van der Waals surface area contributed by atoms with Crippen LogP contribution in [0, 0.1) is 0 Å². The van der Waals surface area contributed by atoms with Crippen molar-refractivity contribution in [3.8, 4) is 11.4 Å². The van der Waals surface area contributed by atoms with Gasteiger partial charge in [0.15, 0.2) is 5.82 Å². The number of rotatable bonds is 5. The number of likely N-dealkylation sites (tertiary alicyclic amines) is 1. The first kappa shape index (κ1) is 24.0. The Kier molecular flexibility index (Phi) is 7.46. The second-order valence-electron chi connectivity index (χ2n) is 9.71. The molecule has 2 fully saturated rings. The average molecular weight is 480 g/mol. The smallest absolute Gasteiger partial charge is 0.319 e. The van der Waals surface area contributed by atoms with E-state index in [1.165, 1.54) is 31.5 Å². The summed E-state index contributed by atoms with van der Waals surface area (Å²) in [6.45, 7) is 9.95. The number of hydrogen-bond donors (Lipinski definition) is 2. The number of nitrogens with zero attached hydrogens (tertiary/aromatic N) is 5. The van der Waals surface area contributed by atoms with Gasteiger partial charge in [-0.25, -0.2) is 14.8 Å². The number of fused-ring (bicyclic) bond motifs is 1. The van der Waals surface area contributed by atoms with E-state index >= 15 is 0 Å². The summed E-state index contributed by atoms with van der Waals surface area (Å²) in [5, 5.41) is 5.61. The van der Waals surface area contributed by atoms with Gasteiger partial charge in [-0.3, -0.25) is 4.90 Å². The lowest BCUT2D eigenvalue weighted by molar-refractivity contribution is 0.107. The minimum absolute atomic E-state index is 0.200. The van der Waals surface area contributed by atoms with Gasteiger partial charge in [-0.05, 0) is 70.6 Å². The molecule has 0 bridgehead atoms. The number of anilines is 2. The first-order valence-corrected chi connectivity index (χ1v) is 12.9. The van der Waals surface area contributed by atoms with Crippen LogP contribution in [0.15, 0.2) is 24.3 Å². The van der Waals surface area contributed by atoms with Gasteiger partial charge in [0.1, 0.15) is 5.82 Å². The van der Waals surface area contributed by atoms with E-state index in [4.69, 9.17) is 14.7 Å². The van der Waals surface area contributed by atoms with Crippen LogP contribution in [0.3, 0.4) is 0 Å². The van der Waals surface area contributed by atoms with E-state index in [2.05, 4.69) is 32.4 Å². The van der Waals surface area contributed by atoms with Crippen molar-refractivity contribution in [3.05, 3.63) is 35.5 Å². The number of urea groups is 1. The van der Waals surface area contributed by atoms with Crippen LogP contribution in [0.2, 0.25) is 0 Å². The van der Waals surface area contributed by atoms with E-state index in [1.54, 1.807) is 0 Å². The van der Waals surface area contributed by atoms with Crippen LogP contribution in [0.4, 0.5) is 16.3 Å². The third-order valence-corrected chi connectivity index (χ3v) is 7.33. The molecule has 188 valence electrons. The number of amides is 2. The van der Waals surface area contributed by atoms with Gasteiger partial charge in [0.2, 0.25) is 0 Å². The molecule has 0 spiro atoms. The average Bonchev–Trinajstić information content (AvgIpc) is 2.89. The fraction of sp³-hybridized carbons (Fsp3) is 0.577. The van der Waals surface area contributed by atoms with E-state index in [-0.39, 0.29) is 6.03 Å². The molecule has 9 nitrogen and oxygen atoms in total. The molecular weight excluding hydrogens is 442 g/mol. The topological polar surface area (TPSA) is 85.9 Å². The molecule has 1 aromatic carbocycles. The second-order valence-corrected chi connectivity index (χ2v) is 9.71. The summed E-state index contributed by atoms with van der Waals surface area (Å²) in [6.07, 6.45) is 3.43. The number of aromatic nitrogens is 2. The summed E-state index contributed by atoms with van der Waals surface area (Å²) in [5.74, 6) is 1.82. The van der Waals surface area contributed by atoms with E-state index in [0.29, 0.717) is 12.6 Å². The number of benzene rings is 1. The highest BCUT2D eigenvalue weighted by Gasteiger charge is 2.30. The number of nitrogens with one attached hydrogen (secondary N) is 2. The Hall–Kier alpha value is -2.75. The maximum atomic E-state index is 11.9. The SMILES string of the molecule is CCNC(=O)Nc1ccc(-c2nc3c(c(N4CCOCC4)n2)CCN(C2CCN(C)CC2)C3)cc1. The monoisotopic (exact) mass is 479 g/mol. The molecule has 35 heavy (non-hydrogen) atoms. The van der Waals surface area contributed by atoms with Crippen molar-refractivity contribution in [2.24, 2.45) is 0 Å². The zero-order valence-electron chi connectivity index (χ0n) is 20.9. The molecule has 2 aromatic rings. The summed E-state index contributed by atoms with van der Waals surface area (Å²) < 4.78 is 5.61. The van der Waals surface area contributed by atoms with Crippen molar-refractivity contribution in [2.45, 2.75) is 38.8 Å². The summed E-state index contributed by atoms with van der Waals surface area (Å²) in [6, 6.07) is 8.23. The Morgan fingerprint density at radius 2 is 1.80 bits per heavy atom. The molecule has 3 aliphatic rings. The van der Waals surface area contributed by atoms with Gasteiger partial charge in [-0.2, -0.15) is 0 Å². The lowest BCUT2D eigenvalue weighted by Crippen LogP contribution is -2.46. The molecular formula is C26H37N7O2. The number of carbonyl (C=O) groups is 1. The van der Waals surface area contributed by atoms with Gasteiger partial charge in [-0.15, -0.1) is 0 Å². The Morgan fingerprint density at radius 1 is 1.06 bits per heavy atom. The van der Waals surface area contributed by atoms with Gasteiger partial charge in [0.25, 0.3) is 0 Å². The first-order valence-electron chi connectivity index (χ1n) is 12.9. The molecule has 0 saturated carbocycles. The van der Waals surface area contributed by atoms with Crippen LogP contribution in [-0.2, 0) is 17.7 Å². The van der Waals surface area contributed by atoms with Crippen LogP contribution >= 0.6 is 0 Å². The lowest BCUT2D eigenvalue weighted by Gasteiger charge is -2.40. The molecule has 4 heterocycles. The normalized spacial score (nSPS) is 19.9. The van der Waals surface area contributed by atoms with Crippen molar-refractivity contribution >= 4 is 17.5 Å². The maximum absolute atomic E-state index is 11.9. The van der Waals surface area contributed by atoms with Crippen LogP contribution in [0.5, 0.6) is 0 Å². The molecule has 1 aromatic heterocycles. The quantitative estimate of drug-likeness (QED) is 0.682. The summed E-state index contributed by atoms with van der Waals surface area (Å²) >= 11 is 0. The van der Waals surface area contributed by atoms with E-state index in [9.17, 15) is 4.79 Å². The predicted octanol–water partition coefficient (Wildman–Crippen LogP) is 2.57. The third-order valence-electron chi connectivity index (χ3n) is 7.33. The second kappa shape index (κ2) is 10.9. The van der Waals surface area contributed by atoms with Crippen molar-refractivity contribution in [3.63, 3.8) is 0 Å². The van der Waals surface area contributed by atoms with Gasteiger partial charge >= 0.3 is 6.03 Å². The predicted molar refractivity (Wildman–Crippen MR) is 138 cm³/mol. The van der Waals surface area contributed by atoms with Crippen LogP contribution in [0.1, 0.15) is 31.0 Å². The Morgan fingerprint density at radius 3 is 2.51 bits per heavy atom. The highest BCUT2D eigenvalue weighted by atomic mass is 16.5. The fourth-order valence-corrected chi connectivity index (χ4v) is 5.31. The molecule has 0 unspecified atom stereocenters.